The van der Waals surface area contributed by atoms with E-state index in [0.717, 1.165) is 80.0 Å². The molecule has 0 amide bonds. The van der Waals surface area contributed by atoms with Crippen LogP contribution in [0, 0.1) is 0 Å². The molecule has 0 spiro atoms. The van der Waals surface area contributed by atoms with Crippen molar-refractivity contribution in [1.82, 2.24) is 0 Å². The molecule has 0 saturated heterocycles. The van der Waals surface area contributed by atoms with Crippen LogP contribution in [0.4, 0.5) is 0 Å². The quantitative estimate of drug-likeness (QED) is 0.0568. The fourth-order valence-corrected chi connectivity index (χ4v) is 6.14. The summed E-state index contributed by atoms with van der Waals surface area (Å²) in [7, 11) is -9.00. The van der Waals surface area contributed by atoms with Crippen LogP contribution in [0.1, 0.15) is 89.2 Å². The predicted octanol–water partition coefficient (Wildman–Crippen LogP) is 8.53. The molecule has 0 unspecified atom stereocenters. The van der Waals surface area contributed by atoms with Crippen molar-refractivity contribution in [2.45, 2.75) is 101 Å². The molecule has 0 aromatic heterocycles. The number of phenols is 1. The van der Waals surface area contributed by atoms with Gasteiger partial charge >= 0.3 is 37.7 Å². The van der Waals surface area contributed by atoms with Gasteiger partial charge in [0.05, 0.1) is 9.79 Å². The van der Waals surface area contributed by atoms with Crippen LogP contribution in [0.2, 0.25) is 0 Å². The predicted molar refractivity (Wildman–Crippen MR) is 195 cm³/mol. The van der Waals surface area contributed by atoms with Gasteiger partial charge in [-0.15, -0.1) is 0 Å². The van der Waals surface area contributed by atoms with Gasteiger partial charge in [0.25, 0.3) is 10.1 Å². The Hall–Kier alpha value is -2.84. The molecule has 272 valence electrons. The van der Waals surface area contributed by atoms with E-state index >= 15 is 0 Å². The molecular weight excluding hydrogens is 721 g/mol. The molecule has 0 atom stereocenters. The fourth-order valence-electron chi connectivity index (χ4n) is 5.16. The zero-order valence-corrected chi connectivity index (χ0v) is 33.1. The van der Waals surface area contributed by atoms with Crippen LogP contribution in [0.25, 0.3) is 0 Å². The first-order valence-electron chi connectivity index (χ1n) is 16.9. The first-order chi connectivity index (χ1) is 23.8. The van der Waals surface area contributed by atoms with Crippen molar-refractivity contribution >= 4 is 58.0 Å². The second kappa shape index (κ2) is 22.3. The number of phenolic OH excluding ortho intramolecular Hbond substituents is 1. The van der Waals surface area contributed by atoms with Crippen molar-refractivity contribution in [1.29, 1.82) is 0 Å². The van der Waals surface area contributed by atoms with Crippen molar-refractivity contribution in [2.75, 3.05) is 0 Å². The van der Waals surface area contributed by atoms with E-state index in [9.17, 15) is 31.6 Å². The first-order valence-corrected chi connectivity index (χ1v) is 19.8. The van der Waals surface area contributed by atoms with Crippen LogP contribution >= 0.6 is 0 Å². The summed E-state index contributed by atoms with van der Waals surface area (Å²) in [5.74, 6) is 0.260. The fraction of sp³-hybridized carbons (Fsp3) is 0.368. The third-order valence-electron chi connectivity index (χ3n) is 7.92. The summed E-state index contributed by atoms with van der Waals surface area (Å²) in [6.45, 7) is 4.34. The molecule has 0 aliphatic heterocycles. The molecule has 4 rings (SSSR count). The smallest absolute Gasteiger partial charge is 0.870 e. The topological polar surface area (TPSA) is 173 Å². The van der Waals surface area contributed by atoms with Crippen molar-refractivity contribution in [2.24, 2.45) is 0 Å². The number of para-hydroxylation sites is 2. The average Bonchev–Trinajstić information content (AvgIpc) is 3.07. The van der Waals surface area contributed by atoms with E-state index in [4.69, 9.17) is 14.0 Å². The van der Waals surface area contributed by atoms with Crippen LogP contribution in [-0.2, 0) is 33.1 Å². The molecule has 10 nitrogen and oxygen atoms in total. The Morgan fingerprint density at radius 2 is 1.04 bits per heavy atom. The van der Waals surface area contributed by atoms with Gasteiger partial charge in [-0.1, -0.05) is 113 Å². The normalized spacial score (nSPS) is 11.2. The molecule has 4 aromatic rings. The molecule has 0 aliphatic rings. The minimum atomic E-state index is -4.64. The zero-order valence-electron chi connectivity index (χ0n) is 29.3. The molecule has 0 radical (unpaired) electrons. The molecule has 4 aromatic carbocycles. The molecule has 0 aliphatic carbocycles. The molecule has 2 N–H and O–H groups in total. The minimum Gasteiger partial charge on any atom is -0.870 e. The van der Waals surface area contributed by atoms with E-state index in [1.54, 1.807) is 18.2 Å². The van der Waals surface area contributed by atoms with Crippen LogP contribution in [0.15, 0.2) is 94.7 Å². The maximum absolute atomic E-state index is 11.9. The number of hydrogen-bond acceptors (Lipinski definition) is 9. The van der Waals surface area contributed by atoms with Gasteiger partial charge in [0.1, 0.15) is 27.4 Å². The van der Waals surface area contributed by atoms with Gasteiger partial charge in [-0.05, 0) is 73.2 Å². The van der Waals surface area contributed by atoms with E-state index in [2.05, 4.69) is 13.8 Å². The van der Waals surface area contributed by atoms with E-state index in [1.807, 2.05) is 30.3 Å². The Morgan fingerprint density at radius 1 is 0.588 bits per heavy atom. The van der Waals surface area contributed by atoms with E-state index in [1.165, 1.54) is 44.6 Å². The molecule has 13 heteroatoms. The summed E-state index contributed by atoms with van der Waals surface area (Å²) in [4.78, 5) is -0.795. The van der Waals surface area contributed by atoms with Gasteiger partial charge in [-0.25, -0.2) is 8.42 Å². The Kier molecular flexibility index (Phi) is 19.4. The summed E-state index contributed by atoms with van der Waals surface area (Å²) in [6, 6.07) is 21.3. The summed E-state index contributed by atoms with van der Waals surface area (Å²) >= 11 is 0. The van der Waals surface area contributed by atoms with E-state index < -0.39 is 30.9 Å². The number of benzene rings is 4. The molecule has 51 heavy (non-hydrogen) atoms. The molecule has 0 heterocycles. The standard InChI is InChI=1S/2C19H24O5S.Ca/c2*1-2-3-4-5-6-9-15-10-7-8-11-18(15)24-19-14-16(25(21,22)23)12-13-17(19)20;/h2*7-8,10-14,20H,2-6,9H2,1H3,(H,21,22,23);/q;;+2/p-2. The Labute approximate surface area is 332 Å². The van der Waals surface area contributed by atoms with Crippen molar-refractivity contribution in [3.05, 3.63) is 96.1 Å². The van der Waals surface area contributed by atoms with Gasteiger partial charge in [0.15, 0.2) is 11.5 Å². The maximum Gasteiger partial charge on any atom is 2.00 e. The zero-order chi connectivity index (χ0) is 36.6. The van der Waals surface area contributed by atoms with Gasteiger partial charge in [0.2, 0.25) is 0 Å². The summed E-state index contributed by atoms with van der Waals surface area (Å²) < 4.78 is 76.4. The Balaban J connectivity index is 0.000000347. The number of hydrogen-bond donors (Lipinski definition) is 2. The molecule has 0 saturated carbocycles. The van der Waals surface area contributed by atoms with Crippen molar-refractivity contribution in [3.63, 3.8) is 0 Å². The summed E-state index contributed by atoms with van der Waals surface area (Å²) in [6.07, 6.45) is 13.2. The SMILES string of the molecule is CCCCCCCc1ccccc1Oc1cc(S(=O)(=O)O)ccc1O.CCCCCCCc1ccccc1Oc1cc(S(=O)(=O)[O-])ccc1[O-].[Ca+2]. The Bertz CT molecular complexity index is 1740. The molecule has 0 bridgehead atoms. The summed E-state index contributed by atoms with van der Waals surface area (Å²) in [5.41, 5.74) is 1.95. The third-order valence-corrected chi connectivity index (χ3v) is 9.60. The monoisotopic (exact) mass is 766 g/mol. The summed E-state index contributed by atoms with van der Waals surface area (Å²) in [5, 5.41) is 21.8. The van der Waals surface area contributed by atoms with Crippen LogP contribution in [-0.4, -0.2) is 68.8 Å². The van der Waals surface area contributed by atoms with E-state index in [0.29, 0.717) is 11.5 Å². The van der Waals surface area contributed by atoms with Crippen LogP contribution in [0.3, 0.4) is 0 Å². The number of aryl methyl sites for hydroxylation is 2. The number of rotatable bonds is 18. The number of aromatic hydroxyl groups is 1. The van der Waals surface area contributed by atoms with Crippen LogP contribution in [0.5, 0.6) is 34.5 Å². The molecular formula is C38H46CaO10S2. The second-order valence-electron chi connectivity index (χ2n) is 11.9. The van der Waals surface area contributed by atoms with Gasteiger partial charge in [-0.3, -0.25) is 4.55 Å². The van der Waals surface area contributed by atoms with E-state index in [-0.39, 0.29) is 59.9 Å². The Morgan fingerprint density at radius 3 is 1.53 bits per heavy atom. The van der Waals surface area contributed by atoms with Crippen molar-refractivity contribution < 1.29 is 45.6 Å². The number of unbranched alkanes of at least 4 members (excludes halogenated alkanes) is 8. The third kappa shape index (κ3) is 15.3. The van der Waals surface area contributed by atoms with Gasteiger partial charge < -0.3 is 24.2 Å². The van der Waals surface area contributed by atoms with Crippen LogP contribution < -0.4 is 14.6 Å². The largest absolute Gasteiger partial charge is 2.00 e. The number of ether oxygens (including phenoxy) is 2. The van der Waals surface area contributed by atoms with Crippen molar-refractivity contribution in [3.8, 4) is 34.5 Å². The average molecular weight is 767 g/mol. The van der Waals surface area contributed by atoms with Gasteiger partial charge in [-0.2, -0.15) is 8.42 Å². The van der Waals surface area contributed by atoms with Gasteiger partial charge in [0, 0.05) is 6.07 Å². The maximum atomic E-state index is 11.9. The first kappa shape index (κ1) is 44.3. The molecule has 0 fully saturated rings. The second-order valence-corrected chi connectivity index (χ2v) is 14.7. The minimum absolute atomic E-state index is 0.